The van der Waals surface area contributed by atoms with Crippen LogP contribution >= 0.6 is 0 Å². The first-order valence-electron chi connectivity index (χ1n) is 4.31. The molecule has 2 aliphatic rings. The monoisotopic (exact) mass is 154 g/mol. The molecule has 1 heterocycles. The summed E-state index contributed by atoms with van der Waals surface area (Å²) in [7, 11) is 0. The molecule has 0 aromatic heterocycles. The number of carbonyl (C=O) groups excluding carboxylic acids is 1. The van der Waals surface area contributed by atoms with Crippen molar-refractivity contribution in [2.24, 2.45) is 11.7 Å². The fourth-order valence-electron chi connectivity index (χ4n) is 1.71. The molecule has 3 nitrogen and oxygen atoms in total. The van der Waals surface area contributed by atoms with Gasteiger partial charge >= 0.3 is 0 Å². The van der Waals surface area contributed by atoms with Crippen LogP contribution < -0.4 is 5.73 Å². The molecule has 1 atom stereocenters. The average Bonchev–Trinajstić information content (AvgIpc) is 2.76. The highest BCUT2D eigenvalue weighted by Gasteiger charge is 2.38. The SMILES string of the molecule is NC[C@@H]1CC(=O)N(C2CC2)C1. The van der Waals surface area contributed by atoms with E-state index in [1.165, 1.54) is 12.8 Å². The first-order valence-corrected chi connectivity index (χ1v) is 4.31. The first-order chi connectivity index (χ1) is 5.31. The predicted molar refractivity (Wildman–Crippen MR) is 41.9 cm³/mol. The molecule has 0 radical (unpaired) electrons. The van der Waals surface area contributed by atoms with Crippen LogP contribution in [0.25, 0.3) is 0 Å². The second-order valence-electron chi connectivity index (χ2n) is 3.58. The number of amides is 1. The van der Waals surface area contributed by atoms with Gasteiger partial charge in [-0.25, -0.2) is 0 Å². The van der Waals surface area contributed by atoms with E-state index in [1.807, 2.05) is 4.90 Å². The fourth-order valence-corrected chi connectivity index (χ4v) is 1.71. The Kier molecular flexibility index (Phi) is 1.60. The molecular weight excluding hydrogens is 140 g/mol. The normalized spacial score (nSPS) is 31.5. The maximum atomic E-state index is 11.3. The van der Waals surface area contributed by atoms with Gasteiger partial charge in [-0.15, -0.1) is 0 Å². The number of carbonyl (C=O) groups is 1. The number of hydrogen-bond acceptors (Lipinski definition) is 2. The molecular formula is C8H14N2O. The van der Waals surface area contributed by atoms with Gasteiger partial charge in [-0.3, -0.25) is 4.79 Å². The van der Waals surface area contributed by atoms with E-state index in [0.717, 1.165) is 6.54 Å². The summed E-state index contributed by atoms with van der Waals surface area (Å²) in [5, 5.41) is 0. The molecule has 62 valence electrons. The second-order valence-corrected chi connectivity index (χ2v) is 3.58. The largest absolute Gasteiger partial charge is 0.339 e. The van der Waals surface area contributed by atoms with Crippen molar-refractivity contribution in [2.45, 2.75) is 25.3 Å². The van der Waals surface area contributed by atoms with E-state index in [9.17, 15) is 4.79 Å². The summed E-state index contributed by atoms with van der Waals surface area (Å²) in [4.78, 5) is 13.3. The van der Waals surface area contributed by atoms with Crippen LogP contribution in [0.4, 0.5) is 0 Å². The Morgan fingerprint density at radius 2 is 2.27 bits per heavy atom. The van der Waals surface area contributed by atoms with E-state index in [-0.39, 0.29) is 0 Å². The minimum Gasteiger partial charge on any atom is -0.339 e. The molecule has 1 amide bonds. The molecule has 1 aliphatic carbocycles. The van der Waals surface area contributed by atoms with Gasteiger partial charge in [0.2, 0.25) is 5.91 Å². The van der Waals surface area contributed by atoms with Crippen molar-refractivity contribution in [3.8, 4) is 0 Å². The lowest BCUT2D eigenvalue weighted by Crippen LogP contribution is -2.28. The summed E-state index contributed by atoms with van der Waals surface area (Å²) in [5.74, 6) is 0.756. The number of nitrogens with zero attached hydrogens (tertiary/aromatic N) is 1. The molecule has 1 saturated heterocycles. The number of likely N-dealkylation sites (tertiary alicyclic amines) is 1. The quantitative estimate of drug-likeness (QED) is 0.606. The Labute approximate surface area is 66.5 Å². The lowest BCUT2D eigenvalue weighted by Gasteiger charge is -2.14. The Balaban J connectivity index is 1.96. The Bertz CT molecular complexity index is 177. The predicted octanol–water partition coefficient (Wildman–Crippen LogP) is -0.0440. The maximum Gasteiger partial charge on any atom is 0.223 e. The molecule has 0 aromatic carbocycles. The average molecular weight is 154 g/mol. The molecule has 0 bridgehead atoms. The molecule has 3 heteroatoms. The van der Waals surface area contributed by atoms with Crippen molar-refractivity contribution in [1.29, 1.82) is 0 Å². The maximum absolute atomic E-state index is 11.3. The van der Waals surface area contributed by atoms with Gasteiger partial charge in [0.15, 0.2) is 0 Å². The number of hydrogen-bond donors (Lipinski definition) is 1. The number of rotatable bonds is 2. The van der Waals surface area contributed by atoms with Gasteiger partial charge < -0.3 is 10.6 Å². The van der Waals surface area contributed by atoms with Gasteiger partial charge in [0.05, 0.1) is 0 Å². The Morgan fingerprint density at radius 3 is 2.73 bits per heavy atom. The molecule has 2 fully saturated rings. The summed E-state index contributed by atoms with van der Waals surface area (Å²) in [6.07, 6.45) is 3.11. The molecule has 1 aliphatic heterocycles. The molecule has 2 rings (SSSR count). The van der Waals surface area contributed by atoms with Crippen LogP contribution in [-0.2, 0) is 4.79 Å². The Morgan fingerprint density at radius 1 is 1.55 bits per heavy atom. The zero-order valence-electron chi connectivity index (χ0n) is 6.62. The standard InChI is InChI=1S/C8H14N2O/c9-4-6-3-8(11)10(5-6)7-1-2-7/h6-7H,1-5,9H2/t6-/m0/s1. The number of nitrogens with two attached hydrogens (primary N) is 1. The summed E-state index contributed by atoms with van der Waals surface area (Å²) >= 11 is 0. The topological polar surface area (TPSA) is 46.3 Å². The van der Waals surface area contributed by atoms with E-state index in [2.05, 4.69) is 0 Å². The lowest BCUT2D eigenvalue weighted by molar-refractivity contribution is -0.128. The third-order valence-electron chi connectivity index (χ3n) is 2.56. The third-order valence-corrected chi connectivity index (χ3v) is 2.56. The highest BCUT2D eigenvalue weighted by atomic mass is 16.2. The van der Waals surface area contributed by atoms with Gasteiger partial charge in [0.1, 0.15) is 0 Å². The van der Waals surface area contributed by atoms with Crippen molar-refractivity contribution < 1.29 is 4.79 Å². The molecule has 2 N–H and O–H groups in total. The highest BCUT2D eigenvalue weighted by molar-refractivity contribution is 5.79. The zero-order valence-corrected chi connectivity index (χ0v) is 6.62. The van der Waals surface area contributed by atoms with Crippen LogP contribution in [0.15, 0.2) is 0 Å². The van der Waals surface area contributed by atoms with Gasteiger partial charge in [-0.05, 0) is 25.3 Å². The summed E-state index contributed by atoms with van der Waals surface area (Å²) in [5.41, 5.74) is 5.50. The zero-order chi connectivity index (χ0) is 7.84. The fraction of sp³-hybridized carbons (Fsp3) is 0.875. The van der Waals surface area contributed by atoms with Crippen molar-refractivity contribution in [3.63, 3.8) is 0 Å². The summed E-state index contributed by atoms with van der Waals surface area (Å²) in [6, 6.07) is 0.582. The lowest BCUT2D eigenvalue weighted by atomic mass is 10.1. The molecule has 1 saturated carbocycles. The van der Waals surface area contributed by atoms with E-state index in [4.69, 9.17) is 5.73 Å². The Hall–Kier alpha value is -0.570. The minimum absolute atomic E-state index is 0.322. The summed E-state index contributed by atoms with van der Waals surface area (Å²) < 4.78 is 0. The van der Waals surface area contributed by atoms with E-state index >= 15 is 0 Å². The highest BCUT2D eigenvalue weighted by Crippen LogP contribution is 2.32. The second kappa shape index (κ2) is 2.48. The molecule has 11 heavy (non-hydrogen) atoms. The first kappa shape index (κ1) is 7.10. The summed E-state index contributed by atoms with van der Waals surface area (Å²) in [6.45, 7) is 1.58. The van der Waals surface area contributed by atoms with Crippen molar-refractivity contribution >= 4 is 5.91 Å². The van der Waals surface area contributed by atoms with Gasteiger partial charge in [0.25, 0.3) is 0 Å². The van der Waals surface area contributed by atoms with Crippen LogP contribution in [0.5, 0.6) is 0 Å². The van der Waals surface area contributed by atoms with Crippen LogP contribution in [0.1, 0.15) is 19.3 Å². The van der Waals surface area contributed by atoms with Crippen LogP contribution in [0, 0.1) is 5.92 Å². The van der Waals surface area contributed by atoms with Gasteiger partial charge in [0, 0.05) is 19.0 Å². The van der Waals surface area contributed by atoms with Gasteiger partial charge in [-0.1, -0.05) is 0 Å². The molecule has 0 unspecified atom stereocenters. The van der Waals surface area contributed by atoms with E-state index in [1.54, 1.807) is 0 Å². The van der Waals surface area contributed by atoms with E-state index < -0.39 is 0 Å². The van der Waals surface area contributed by atoms with Crippen molar-refractivity contribution in [2.75, 3.05) is 13.1 Å². The van der Waals surface area contributed by atoms with Gasteiger partial charge in [-0.2, -0.15) is 0 Å². The van der Waals surface area contributed by atoms with Crippen LogP contribution in [0.3, 0.4) is 0 Å². The molecule has 0 aromatic rings. The van der Waals surface area contributed by atoms with E-state index in [0.29, 0.717) is 30.8 Å². The van der Waals surface area contributed by atoms with Crippen molar-refractivity contribution in [3.05, 3.63) is 0 Å². The van der Waals surface area contributed by atoms with Crippen molar-refractivity contribution in [1.82, 2.24) is 4.90 Å². The minimum atomic E-state index is 0.322. The van der Waals surface area contributed by atoms with Crippen LogP contribution in [0.2, 0.25) is 0 Å². The molecule has 0 spiro atoms. The third kappa shape index (κ3) is 1.25. The van der Waals surface area contributed by atoms with Crippen LogP contribution in [-0.4, -0.2) is 29.9 Å². The smallest absolute Gasteiger partial charge is 0.223 e.